The van der Waals surface area contributed by atoms with Crippen LogP contribution in [-0.2, 0) is 4.79 Å². The van der Waals surface area contributed by atoms with Crippen LogP contribution >= 0.6 is 0 Å². The Morgan fingerprint density at radius 1 is 1.14 bits per heavy atom. The number of hydrogen-bond donors (Lipinski definition) is 3. The number of para-hydroxylation sites is 1. The SMILES string of the molecule is CNC(=O)c1cccc(Nc2cc(NC(=O)C3CC3)ncc2C(C)=O)c1OC. The molecule has 0 aliphatic heterocycles. The number of Topliss-reactive ketones (excluding diaryl/α,β-unsaturated/α-hetero) is 1. The van der Waals surface area contributed by atoms with E-state index in [1.807, 2.05) is 0 Å². The van der Waals surface area contributed by atoms with Crippen molar-refractivity contribution in [1.29, 1.82) is 0 Å². The zero-order valence-electron chi connectivity index (χ0n) is 16.0. The molecule has 0 unspecified atom stereocenters. The molecule has 8 heteroatoms. The van der Waals surface area contributed by atoms with Gasteiger partial charge in [0.2, 0.25) is 5.91 Å². The highest BCUT2D eigenvalue weighted by Gasteiger charge is 2.30. The van der Waals surface area contributed by atoms with Gasteiger partial charge in [0, 0.05) is 25.2 Å². The van der Waals surface area contributed by atoms with E-state index in [9.17, 15) is 14.4 Å². The van der Waals surface area contributed by atoms with E-state index in [0.29, 0.717) is 34.1 Å². The van der Waals surface area contributed by atoms with Gasteiger partial charge in [-0.05, 0) is 31.9 Å². The molecular weight excluding hydrogens is 360 g/mol. The number of ketones is 1. The minimum Gasteiger partial charge on any atom is -0.494 e. The van der Waals surface area contributed by atoms with Gasteiger partial charge in [0.25, 0.3) is 5.91 Å². The molecule has 0 atom stereocenters. The van der Waals surface area contributed by atoms with Crippen molar-refractivity contribution in [1.82, 2.24) is 10.3 Å². The number of anilines is 3. The molecule has 1 aromatic heterocycles. The molecular formula is C20H22N4O4. The second kappa shape index (κ2) is 8.08. The number of benzene rings is 1. The molecule has 0 bridgehead atoms. The number of carbonyl (C=O) groups excluding carboxylic acids is 3. The van der Waals surface area contributed by atoms with E-state index in [1.165, 1.54) is 27.3 Å². The molecule has 1 aliphatic rings. The highest BCUT2D eigenvalue weighted by molar-refractivity contribution is 6.03. The van der Waals surface area contributed by atoms with Crippen LogP contribution in [0.3, 0.4) is 0 Å². The smallest absolute Gasteiger partial charge is 0.254 e. The molecule has 1 aliphatic carbocycles. The Morgan fingerprint density at radius 3 is 2.50 bits per heavy atom. The number of amides is 2. The van der Waals surface area contributed by atoms with Crippen molar-refractivity contribution < 1.29 is 19.1 Å². The van der Waals surface area contributed by atoms with Gasteiger partial charge in [-0.15, -0.1) is 0 Å². The first-order valence-corrected chi connectivity index (χ1v) is 8.92. The molecule has 1 fully saturated rings. The highest BCUT2D eigenvalue weighted by Crippen LogP contribution is 2.34. The number of pyridine rings is 1. The Morgan fingerprint density at radius 2 is 1.89 bits per heavy atom. The minimum atomic E-state index is -0.292. The predicted molar refractivity (Wildman–Crippen MR) is 105 cm³/mol. The van der Waals surface area contributed by atoms with Crippen LogP contribution in [-0.4, -0.2) is 36.7 Å². The van der Waals surface area contributed by atoms with Crippen molar-refractivity contribution >= 4 is 34.8 Å². The summed E-state index contributed by atoms with van der Waals surface area (Å²) in [5.41, 5.74) is 1.69. The van der Waals surface area contributed by atoms with E-state index in [0.717, 1.165) is 12.8 Å². The van der Waals surface area contributed by atoms with Gasteiger partial charge in [-0.1, -0.05) is 6.07 Å². The summed E-state index contributed by atoms with van der Waals surface area (Å²) in [5, 5.41) is 8.47. The first kappa shape index (κ1) is 19.3. The van der Waals surface area contributed by atoms with Crippen LogP contribution in [0.15, 0.2) is 30.5 Å². The fraction of sp³-hybridized carbons (Fsp3) is 0.300. The average molecular weight is 382 g/mol. The van der Waals surface area contributed by atoms with Crippen molar-refractivity contribution in [3.8, 4) is 5.75 Å². The number of aromatic nitrogens is 1. The Bertz CT molecular complexity index is 938. The molecule has 146 valence electrons. The van der Waals surface area contributed by atoms with Crippen LogP contribution < -0.4 is 20.7 Å². The third-order valence-corrected chi connectivity index (χ3v) is 4.44. The van der Waals surface area contributed by atoms with Gasteiger partial charge in [-0.3, -0.25) is 14.4 Å². The monoisotopic (exact) mass is 382 g/mol. The molecule has 8 nitrogen and oxygen atoms in total. The number of ether oxygens (including phenoxy) is 1. The second-order valence-corrected chi connectivity index (χ2v) is 6.53. The van der Waals surface area contributed by atoms with E-state index in [-0.39, 0.29) is 23.5 Å². The zero-order valence-corrected chi connectivity index (χ0v) is 16.0. The van der Waals surface area contributed by atoms with Gasteiger partial charge in [-0.25, -0.2) is 4.98 Å². The molecule has 0 radical (unpaired) electrons. The second-order valence-electron chi connectivity index (χ2n) is 6.53. The molecule has 3 rings (SSSR count). The molecule has 1 heterocycles. The van der Waals surface area contributed by atoms with Gasteiger partial charge in [0.15, 0.2) is 11.5 Å². The lowest BCUT2D eigenvalue weighted by molar-refractivity contribution is -0.117. The minimum absolute atomic E-state index is 0.0371. The summed E-state index contributed by atoms with van der Waals surface area (Å²) in [6.45, 7) is 1.43. The van der Waals surface area contributed by atoms with Crippen molar-refractivity contribution in [3.05, 3.63) is 41.6 Å². The van der Waals surface area contributed by atoms with Crippen molar-refractivity contribution in [3.63, 3.8) is 0 Å². The molecule has 0 spiro atoms. The quantitative estimate of drug-likeness (QED) is 0.635. The number of carbonyl (C=O) groups is 3. The lowest BCUT2D eigenvalue weighted by Gasteiger charge is -2.16. The summed E-state index contributed by atoms with van der Waals surface area (Å²) >= 11 is 0. The van der Waals surface area contributed by atoms with E-state index in [1.54, 1.807) is 24.3 Å². The maximum Gasteiger partial charge on any atom is 0.254 e. The van der Waals surface area contributed by atoms with E-state index in [4.69, 9.17) is 4.74 Å². The third-order valence-electron chi connectivity index (χ3n) is 4.44. The molecule has 1 saturated carbocycles. The third kappa shape index (κ3) is 4.11. The van der Waals surface area contributed by atoms with Crippen molar-refractivity contribution in [2.45, 2.75) is 19.8 Å². The lowest BCUT2D eigenvalue weighted by atomic mass is 10.1. The summed E-state index contributed by atoms with van der Waals surface area (Å²) in [6, 6.07) is 6.68. The molecule has 0 saturated heterocycles. The summed E-state index contributed by atoms with van der Waals surface area (Å²) in [4.78, 5) is 40.3. The zero-order chi connectivity index (χ0) is 20.3. The van der Waals surface area contributed by atoms with Crippen LogP contribution in [0.4, 0.5) is 17.2 Å². The summed E-state index contributed by atoms with van der Waals surface area (Å²) in [6.07, 6.45) is 3.18. The fourth-order valence-electron chi connectivity index (χ4n) is 2.80. The van der Waals surface area contributed by atoms with Gasteiger partial charge in [0.1, 0.15) is 5.82 Å². The van der Waals surface area contributed by atoms with E-state index >= 15 is 0 Å². The van der Waals surface area contributed by atoms with E-state index < -0.39 is 0 Å². The van der Waals surface area contributed by atoms with Crippen molar-refractivity contribution in [2.24, 2.45) is 5.92 Å². The maximum absolute atomic E-state index is 12.1. The Kier molecular flexibility index (Phi) is 5.58. The standard InChI is InChI=1S/C20H22N4O4/c1-11(25)14-10-22-17(24-19(26)12-7-8-12)9-16(14)23-15-6-4-5-13(18(15)28-3)20(27)21-2/h4-6,9-10,12H,7-8H2,1-3H3,(H,21,27)(H2,22,23,24,26). The molecule has 28 heavy (non-hydrogen) atoms. The topological polar surface area (TPSA) is 109 Å². The highest BCUT2D eigenvalue weighted by atomic mass is 16.5. The van der Waals surface area contributed by atoms with Gasteiger partial charge >= 0.3 is 0 Å². The fourth-order valence-corrected chi connectivity index (χ4v) is 2.80. The average Bonchev–Trinajstić information content (AvgIpc) is 3.52. The largest absolute Gasteiger partial charge is 0.494 e. The van der Waals surface area contributed by atoms with Crippen LogP contribution in [0.5, 0.6) is 5.75 Å². The number of hydrogen-bond acceptors (Lipinski definition) is 6. The Labute approximate surface area is 162 Å². The Balaban J connectivity index is 1.97. The van der Waals surface area contributed by atoms with E-state index in [2.05, 4.69) is 20.9 Å². The normalized spacial score (nSPS) is 12.8. The number of nitrogens with zero attached hydrogens (tertiary/aromatic N) is 1. The van der Waals surface area contributed by atoms with Crippen LogP contribution in [0, 0.1) is 5.92 Å². The first-order valence-electron chi connectivity index (χ1n) is 8.92. The molecule has 2 amide bonds. The number of rotatable bonds is 7. The Hall–Kier alpha value is -3.42. The van der Waals surface area contributed by atoms with Crippen LogP contribution in [0.2, 0.25) is 0 Å². The van der Waals surface area contributed by atoms with Gasteiger partial charge in [-0.2, -0.15) is 0 Å². The van der Waals surface area contributed by atoms with Crippen LogP contribution in [0.25, 0.3) is 0 Å². The maximum atomic E-state index is 12.1. The molecule has 1 aromatic carbocycles. The lowest BCUT2D eigenvalue weighted by Crippen LogP contribution is -2.19. The summed E-state index contributed by atoms with van der Waals surface area (Å²) < 4.78 is 5.41. The molecule has 3 N–H and O–H groups in total. The van der Waals surface area contributed by atoms with Gasteiger partial charge in [0.05, 0.1) is 29.6 Å². The number of methoxy groups -OCH3 is 1. The van der Waals surface area contributed by atoms with Crippen LogP contribution in [0.1, 0.15) is 40.5 Å². The first-order chi connectivity index (χ1) is 13.4. The summed E-state index contributed by atoms with van der Waals surface area (Å²) in [5.74, 6) is 0.182. The molecule has 2 aromatic rings. The van der Waals surface area contributed by atoms with Gasteiger partial charge < -0.3 is 20.7 Å². The summed E-state index contributed by atoms with van der Waals surface area (Å²) in [7, 11) is 3.00. The van der Waals surface area contributed by atoms with Crippen molar-refractivity contribution in [2.75, 3.05) is 24.8 Å². The number of nitrogens with one attached hydrogen (secondary N) is 3. The predicted octanol–water partition coefficient (Wildman–Crippen LogP) is 2.74.